The van der Waals surface area contributed by atoms with Crippen molar-refractivity contribution in [2.75, 3.05) is 65.0 Å². The fraction of sp³-hybridized carbons (Fsp3) is 0.409. The van der Waals surface area contributed by atoms with E-state index in [9.17, 15) is 4.79 Å². The van der Waals surface area contributed by atoms with Crippen LogP contribution in [-0.2, 0) is 4.79 Å². The SMILES string of the molecule is COc1ccc(N2CC[NH+](CC(=O)NCCOc3ccccc3OC)CC2)cc1. The molecule has 0 aromatic heterocycles. The Morgan fingerprint density at radius 3 is 2.34 bits per heavy atom. The standard InChI is InChI=1S/C22H29N3O4/c1-27-19-9-7-18(8-10-19)25-14-12-24(13-15-25)17-22(26)23-11-16-29-21-6-4-3-5-20(21)28-2/h3-10H,11-17H2,1-2H3,(H,23,26)/p+1. The highest BCUT2D eigenvalue weighted by molar-refractivity contribution is 5.76. The van der Waals surface area contributed by atoms with Gasteiger partial charge in [-0.05, 0) is 36.4 Å². The summed E-state index contributed by atoms with van der Waals surface area (Å²) in [4.78, 5) is 15.9. The minimum Gasteiger partial charge on any atom is -0.497 e. The molecule has 2 N–H and O–H groups in total. The van der Waals surface area contributed by atoms with E-state index >= 15 is 0 Å². The Morgan fingerprint density at radius 1 is 1.00 bits per heavy atom. The zero-order chi connectivity index (χ0) is 20.5. The van der Waals surface area contributed by atoms with Crippen molar-refractivity contribution >= 4 is 11.6 Å². The van der Waals surface area contributed by atoms with Gasteiger partial charge >= 0.3 is 0 Å². The number of para-hydroxylation sites is 2. The molecular weight excluding hydrogens is 370 g/mol. The highest BCUT2D eigenvalue weighted by Gasteiger charge is 2.22. The summed E-state index contributed by atoms with van der Waals surface area (Å²) >= 11 is 0. The number of amides is 1. The summed E-state index contributed by atoms with van der Waals surface area (Å²) in [5, 5.41) is 2.94. The lowest BCUT2D eigenvalue weighted by molar-refractivity contribution is -0.892. The average molecular weight is 400 g/mol. The smallest absolute Gasteiger partial charge is 0.275 e. The molecule has 1 saturated heterocycles. The van der Waals surface area contributed by atoms with Gasteiger partial charge in [-0.15, -0.1) is 0 Å². The summed E-state index contributed by atoms with van der Waals surface area (Å²) in [7, 11) is 3.29. The van der Waals surface area contributed by atoms with Crippen LogP contribution < -0.4 is 29.3 Å². The van der Waals surface area contributed by atoms with Crippen molar-refractivity contribution < 1.29 is 23.9 Å². The fourth-order valence-electron chi connectivity index (χ4n) is 3.43. The molecule has 2 aromatic rings. The number of hydrogen-bond donors (Lipinski definition) is 2. The van der Waals surface area contributed by atoms with Crippen molar-refractivity contribution in [2.24, 2.45) is 0 Å². The van der Waals surface area contributed by atoms with Crippen molar-refractivity contribution in [1.29, 1.82) is 0 Å². The second-order valence-electron chi connectivity index (χ2n) is 6.96. The zero-order valence-electron chi connectivity index (χ0n) is 17.1. The molecule has 7 heteroatoms. The Morgan fingerprint density at radius 2 is 1.69 bits per heavy atom. The number of ether oxygens (including phenoxy) is 3. The van der Waals surface area contributed by atoms with Crippen molar-refractivity contribution in [2.45, 2.75) is 0 Å². The monoisotopic (exact) mass is 400 g/mol. The van der Waals surface area contributed by atoms with Gasteiger partial charge in [-0.2, -0.15) is 0 Å². The summed E-state index contributed by atoms with van der Waals surface area (Å²) in [6.07, 6.45) is 0. The molecule has 2 aromatic carbocycles. The van der Waals surface area contributed by atoms with Gasteiger partial charge in [0.25, 0.3) is 5.91 Å². The van der Waals surface area contributed by atoms with E-state index in [1.54, 1.807) is 14.2 Å². The maximum atomic E-state index is 12.2. The van der Waals surface area contributed by atoms with Crippen LogP contribution in [0, 0.1) is 0 Å². The molecule has 0 radical (unpaired) electrons. The second kappa shape index (κ2) is 10.6. The Kier molecular flexibility index (Phi) is 7.58. The van der Waals surface area contributed by atoms with Crippen molar-refractivity contribution in [3.05, 3.63) is 48.5 Å². The molecule has 156 valence electrons. The predicted octanol–water partition coefficient (Wildman–Crippen LogP) is 0.604. The van der Waals surface area contributed by atoms with E-state index in [0.717, 1.165) is 31.9 Å². The van der Waals surface area contributed by atoms with Crippen LogP contribution in [0.4, 0.5) is 5.69 Å². The number of hydrogen-bond acceptors (Lipinski definition) is 5. The Bertz CT molecular complexity index is 774. The zero-order valence-corrected chi connectivity index (χ0v) is 17.1. The van der Waals surface area contributed by atoms with Crippen LogP contribution in [0.1, 0.15) is 0 Å². The topological polar surface area (TPSA) is 64.5 Å². The normalized spacial score (nSPS) is 14.3. The molecule has 1 amide bonds. The summed E-state index contributed by atoms with van der Waals surface area (Å²) < 4.78 is 16.1. The Hall–Kier alpha value is -2.93. The number of rotatable bonds is 9. The molecule has 7 nitrogen and oxygen atoms in total. The third-order valence-electron chi connectivity index (χ3n) is 5.07. The molecule has 0 atom stereocenters. The van der Waals surface area contributed by atoms with Crippen LogP contribution in [0.15, 0.2) is 48.5 Å². The van der Waals surface area contributed by atoms with Crippen molar-refractivity contribution in [3.63, 3.8) is 0 Å². The number of carbonyl (C=O) groups is 1. The Labute approximate surface area is 172 Å². The van der Waals surface area contributed by atoms with E-state index in [1.807, 2.05) is 36.4 Å². The average Bonchev–Trinajstić information content (AvgIpc) is 2.77. The molecule has 0 unspecified atom stereocenters. The van der Waals surface area contributed by atoms with Gasteiger partial charge in [0.1, 0.15) is 12.4 Å². The van der Waals surface area contributed by atoms with Gasteiger partial charge in [0.05, 0.1) is 46.9 Å². The summed E-state index contributed by atoms with van der Waals surface area (Å²) in [5.74, 6) is 2.30. The van der Waals surface area contributed by atoms with Crippen LogP contribution in [0.3, 0.4) is 0 Å². The first-order valence-corrected chi connectivity index (χ1v) is 9.94. The molecule has 1 aliphatic heterocycles. The molecule has 0 spiro atoms. The van der Waals surface area contributed by atoms with Crippen LogP contribution >= 0.6 is 0 Å². The minimum atomic E-state index is 0.0570. The molecule has 29 heavy (non-hydrogen) atoms. The van der Waals surface area contributed by atoms with Gasteiger partial charge in [-0.1, -0.05) is 12.1 Å². The number of nitrogens with one attached hydrogen (secondary N) is 2. The number of anilines is 1. The fourth-order valence-corrected chi connectivity index (χ4v) is 3.43. The van der Waals surface area contributed by atoms with Crippen molar-refractivity contribution in [1.82, 2.24) is 5.32 Å². The molecule has 3 rings (SSSR count). The first kappa shape index (κ1) is 20.8. The maximum Gasteiger partial charge on any atom is 0.275 e. The van der Waals surface area contributed by atoms with Gasteiger partial charge in [0.15, 0.2) is 18.0 Å². The van der Waals surface area contributed by atoms with Crippen LogP contribution in [0.5, 0.6) is 17.2 Å². The molecule has 1 fully saturated rings. The molecule has 1 heterocycles. The van der Waals surface area contributed by atoms with Gasteiger partial charge in [0.2, 0.25) is 0 Å². The lowest BCUT2D eigenvalue weighted by Crippen LogP contribution is -3.16. The van der Waals surface area contributed by atoms with E-state index in [4.69, 9.17) is 14.2 Å². The van der Waals surface area contributed by atoms with Gasteiger partial charge < -0.3 is 29.3 Å². The molecule has 1 aliphatic rings. The van der Waals surface area contributed by atoms with Gasteiger partial charge in [-0.25, -0.2) is 0 Å². The third kappa shape index (κ3) is 6.02. The number of nitrogens with zero attached hydrogens (tertiary/aromatic N) is 1. The minimum absolute atomic E-state index is 0.0570. The maximum absolute atomic E-state index is 12.2. The summed E-state index contributed by atoms with van der Waals surface area (Å²) in [6.45, 7) is 5.13. The van der Waals surface area contributed by atoms with E-state index < -0.39 is 0 Å². The quantitative estimate of drug-likeness (QED) is 0.604. The summed E-state index contributed by atoms with van der Waals surface area (Å²) in [5.41, 5.74) is 1.20. The van der Waals surface area contributed by atoms with Crippen LogP contribution in [0.2, 0.25) is 0 Å². The number of piperazine rings is 1. The number of quaternary nitrogens is 1. The van der Waals surface area contributed by atoms with E-state index in [0.29, 0.717) is 31.2 Å². The highest BCUT2D eigenvalue weighted by Crippen LogP contribution is 2.25. The predicted molar refractivity (Wildman–Crippen MR) is 112 cm³/mol. The van der Waals surface area contributed by atoms with Gasteiger partial charge in [-0.3, -0.25) is 4.79 Å². The van der Waals surface area contributed by atoms with Gasteiger partial charge in [0, 0.05) is 5.69 Å². The van der Waals surface area contributed by atoms with Crippen molar-refractivity contribution in [3.8, 4) is 17.2 Å². The largest absolute Gasteiger partial charge is 0.497 e. The Balaban J connectivity index is 1.34. The molecule has 0 bridgehead atoms. The third-order valence-corrected chi connectivity index (χ3v) is 5.07. The highest BCUT2D eigenvalue weighted by atomic mass is 16.5. The number of benzene rings is 2. The first-order chi connectivity index (χ1) is 14.2. The molecule has 0 aliphatic carbocycles. The van der Waals surface area contributed by atoms with E-state index in [2.05, 4.69) is 22.3 Å². The van der Waals surface area contributed by atoms with E-state index in [1.165, 1.54) is 10.6 Å². The first-order valence-electron chi connectivity index (χ1n) is 9.94. The molecule has 0 saturated carbocycles. The lowest BCUT2D eigenvalue weighted by Gasteiger charge is -2.33. The number of carbonyl (C=O) groups excluding carboxylic acids is 1. The molecular formula is C22H30N3O4+. The van der Waals surface area contributed by atoms with Crippen LogP contribution in [0.25, 0.3) is 0 Å². The lowest BCUT2D eigenvalue weighted by atomic mass is 10.2. The summed E-state index contributed by atoms with van der Waals surface area (Å²) in [6, 6.07) is 15.6. The number of methoxy groups -OCH3 is 2. The second-order valence-corrected chi connectivity index (χ2v) is 6.96. The van der Waals surface area contributed by atoms with E-state index in [-0.39, 0.29) is 5.91 Å². The van der Waals surface area contributed by atoms with Crippen LogP contribution in [-0.4, -0.2) is 66.0 Å².